The predicted octanol–water partition coefficient (Wildman–Crippen LogP) is 12.2. The SMILES string of the molecule is c1ccc(N(c2ccccc2)c2ccc(-c3ccc4oc5ccccc5c4c3)c(N(c3ccccc3)c3ccccc3)c2)cc1. The van der Waals surface area contributed by atoms with Crippen molar-refractivity contribution in [1.82, 2.24) is 0 Å². The van der Waals surface area contributed by atoms with Gasteiger partial charge in [0.05, 0.1) is 5.69 Å². The van der Waals surface area contributed by atoms with E-state index in [1.807, 2.05) is 12.1 Å². The van der Waals surface area contributed by atoms with Gasteiger partial charge in [0.25, 0.3) is 0 Å². The maximum Gasteiger partial charge on any atom is 0.135 e. The number of hydrogen-bond donors (Lipinski definition) is 0. The molecule has 0 saturated carbocycles. The first-order chi connectivity index (χ1) is 22.3. The standard InChI is InChI=1S/C42H30N2O/c1-5-15-32(16-6-1)43(33-17-7-2-8-18-33)36-26-27-37(31-25-28-42-39(29-31)38-23-13-14-24-41(38)45-42)40(30-36)44(34-19-9-3-10-20-34)35-21-11-4-12-22-35/h1-30H. The zero-order valence-corrected chi connectivity index (χ0v) is 24.6. The Morgan fingerprint density at radius 2 is 0.822 bits per heavy atom. The van der Waals surface area contributed by atoms with Gasteiger partial charge in [-0.15, -0.1) is 0 Å². The minimum absolute atomic E-state index is 0.889. The molecule has 0 radical (unpaired) electrons. The molecule has 3 heteroatoms. The molecular formula is C42H30N2O. The monoisotopic (exact) mass is 578 g/mol. The van der Waals surface area contributed by atoms with E-state index >= 15 is 0 Å². The zero-order chi connectivity index (χ0) is 30.0. The number of benzene rings is 7. The Morgan fingerprint density at radius 1 is 0.333 bits per heavy atom. The van der Waals surface area contributed by atoms with Crippen LogP contribution < -0.4 is 9.80 Å². The number of furan rings is 1. The first-order valence-corrected chi connectivity index (χ1v) is 15.2. The van der Waals surface area contributed by atoms with Gasteiger partial charge in [-0.25, -0.2) is 0 Å². The number of rotatable bonds is 7. The van der Waals surface area contributed by atoms with Gasteiger partial charge in [-0.05, 0) is 84.4 Å². The smallest absolute Gasteiger partial charge is 0.135 e. The van der Waals surface area contributed by atoms with Crippen molar-refractivity contribution in [2.24, 2.45) is 0 Å². The summed E-state index contributed by atoms with van der Waals surface area (Å²) in [5, 5.41) is 2.23. The third-order valence-corrected chi connectivity index (χ3v) is 8.23. The summed E-state index contributed by atoms with van der Waals surface area (Å²) in [6.07, 6.45) is 0. The molecule has 3 nitrogen and oxygen atoms in total. The molecule has 0 aliphatic rings. The topological polar surface area (TPSA) is 19.6 Å². The first-order valence-electron chi connectivity index (χ1n) is 15.2. The van der Waals surface area contributed by atoms with Crippen molar-refractivity contribution in [2.75, 3.05) is 9.80 Å². The highest BCUT2D eigenvalue weighted by atomic mass is 16.3. The van der Waals surface area contributed by atoms with Gasteiger partial charge >= 0.3 is 0 Å². The molecule has 8 rings (SSSR count). The number of para-hydroxylation sites is 5. The fourth-order valence-electron chi connectivity index (χ4n) is 6.16. The van der Waals surface area contributed by atoms with Crippen molar-refractivity contribution in [3.8, 4) is 11.1 Å². The lowest BCUT2D eigenvalue weighted by atomic mass is 9.98. The zero-order valence-electron chi connectivity index (χ0n) is 24.6. The molecule has 0 aliphatic heterocycles. The summed E-state index contributed by atoms with van der Waals surface area (Å²) in [6, 6.07) is 63.9. The van der Waals surface area contributed by atoms with Gasteiger partial charge in [0.2, 0.25) is 0 Å². The quantitative estimate of drug-likeness (QED) is 0.188. The summed E-state index contributed by atoms with van der Waals surface area (Å²) in [6.45, 7) is 0. The number of nitrogens with zero attached hydrogens (tertiary/aromatic N) is 2. The molecule has 0 fully saturated rings. The molecule has 8 aromatic rings. The van der Waals surface area contributed by atoms with E-state index in [1.165, 1.54) is 0 Å². The predicted molar refractivity (Wildman–Crippen MR) is 189 cm³/mol. The van der Waals surface area contributed by atoms with E-state index in [-0.39, 0.29) is 0 Å². The van der Waals surface area contributed by atoms with Crippen LogP contribution >= 0.6 is 0 Å². The molecule has 0 aliphatic carbocycles. The van der Waals surface area contributed by atoms with Crippen molar-refractivity contribution in [3.05, 3.63) is 182 Å². The number of hydrogen-bond acceptors (Lipinski definition) is 3. The Bertz CT molecular complexity index is 2130. The van der Waals surface area contributed by atoms with E-state index in [2.05, 4.69) is 180 Å². The molecule has 0 spiro atoms. The van der Waals surface area contributed by atoms with Gasteiger partial charge in [0, 0.05) is 44.8 Å². The highest BCUT2D eigenvalue weighted by Crippen LogP contribution is 2.45. The van der Waals surface area contributed by atoms with E-state index in [1.54, 1.807) is 0 Å². The van der Waals surface area contributed by atoms with E-state index < -0.39 is 0 Å². The average Bonchev–Trinajstić information content (AvgIpc) is 3.49. The second-order valence-electron chi connectivity index (χ2n) is 11.0. The van der Waals surface area contributed by atoms with E-state index in [0.717, 1.165) is 67.2 Å². The number of fused-ring (bicyclic) bond motifs is 3. The third-order valence-electron chi connectivity index (χ3n) is 8.23. The van der Waals surface area contributed by atoms with Gasteiger partial charge in [-0.2, -0.15) is 0 Å². The van der Waals surface area contributed by atoms with Crippen LogP contribution in [0.4, 0.5) is 34.1 Å². The van der Waals surface area contributed by atoms with Gasteiger partial charge in [0.1, 0.15) is 11.2 Å². The Morgan fingerprint density at radius 3 is 1.40 bits per heavy atom. The second kappa shape index (κ2) is 11.6. The molecule has 1 heterocycles. The lowest BCUT2D eigenvalue weighted by molar-refractivity contribution is 0.669. The molecule has 0 N–H and O–H groups in total. The van der Waals surface area contributed by atoms with Crippen LogP contribution in [0.25, 0.3) is 33.1 Å². The molecule has 1 aromatic heterocycles. The molecular weight excluding hydrogens is 548 g/mol. The molecule has 0 bridgehead atoms. The Hall–Kier alpha value is -6.06. The molecule has 214 valence electrons. The molecule has 0 saturated heterocycles. The van der Waals surface area contributed by atoms with Crippen molar-refractivity contribution in [3.63, 3.8) is 0 Å². The van der Waals surface area contributed by atoms with Crippen LogP contribution in [-0.4, -0.2) is 0 Å². The van der Waals surface area contributed by atoms with Crippen LogP contribution in [0, 0.1) is 0 Å². The summed E-state index contributed by atoms with van der Waals surface area (Å²) in [4.78, 5) is 4.67. The van der Waals surface area contributed by atoms with Crippen molar-refractivity contribution in [2.45, 2.75) is 0 Å². The largest absolute Gasteiger partial charge is 0.456 e. The van der Waals surface area contributed by atoms with Crippen molar-refractivity contribution < 1.29 is 4.42 Å². The van der Waals surface area contributed by atoms with Gasteiger partial charge in [-0.3, -0.25) is 0 Å². The van der Waals surface area contributed by atoms with Crippen LogP contribution in [0.5, 0.6) is 0 Å². The maximum absolute atomic E-state index is 6.19. The van der Waals surface area contributed by atoms with Gasteiger partial charge < -0.3 is 14.2 Å². The van der Waals surface area contributed by atoms with Gasteiger partial charge in [-0.1, -0.05) is 103 Å². The second-order valence-corrected chi connectivity index (χ2v) is 11.0. The van der Waals surface area contributed by atoms with Gasteiger partial charge in [0.15, 0.2) is 0 Å². The minimum Gasteiger partial charge on any atom is -0.456 e. The van der Waals surface area contributed by atoms with Crippen molar-refractivity contribution >= 4 is 56.1 Å². The third kappa shape index (κ3) is 5.01. The summed E-state index contributed by atoms with van der Waals surface area (Å²) in [5.74, 6) is 0. The summed E-state index contributed by atoms with van der Waals surface area (Å²) in [5.41, 5.74) is 10.5. The fourth-order valence-corrected chi connectivity index (χ4v) is 6.16. The van der Waals surface area contributed by atoms with Crippen LogP contribution in [0.1, 0.15) is 0 Å². The Labute approximate surface area is 262 Å². The van der Waals surface area contributed by atoms with Crippen LogP contribution in [-0.2, 0) is 0 Å². The highest BCUT2D eigenvalue weighted by molar-refractivity contribution is 6.07. The van der Waals surface area contributed by atoms with E-state index in [4.69, 9.17) is 4.42 Å². The van der Waals surface area contributed by atoms with E-state index in [9.17, 15) is 0 Å². The molecule has 7 aromatic carbocycles. The summed E-state index contributed by atoms with van der Waals surface area (Å²) >= 11 is 0. The lowest BCUT2D eigenvalue weighted by Crippen LogP contribution is -2.14. The fraction of sp³-hybridized carbons (Fsp3) is 0. The molecule has 0 amide bonds. The van der Waals surface area contributed by atoms with E-state index in [0.29, 0.717) is 0 Å². The number of anilines is 6. The van der Waals surface area contributed by atoms with Crippen molar-refractivity contribution in [1.29, 1.82) is 0 Å². The Kier molecular flexibility index (Phi) is 6.82. The summed E-state index contributed by atoms with van der Waals surface area (Å²) < 4.78 is 6.19. The van der Waals surface area contributed by atoms with Crippen LogP contribution in [0.3, 0.4) is 0 Å². The molecule has 0 atom stereocenters. The molecule has 0 unspecified atom stereocenters. The van der Waals surface area contributed by atoms with Crippen LogP contribution in [0.2, 0.25) is 0 Å². The Balaban J connectivity index is 1.40. The normalized spacial score (nSPS) is 11.1. The maximum atomic E-state index is 6.19. The average molecular weight is 579 g/mol. The minimum atomic E-state index is 0.889. The van der Waals surface area contributed by atoms with Crippen LogP contribution in [0.15, 0.2) is 186 Å². The summed E-state index contributed by atoms with van der Waals surface area (Å²) in [7, 11) is 0. The highest BCUT2D eigenvalue weighted by Gasteiger charge is 2.21. The lowest BCUT2D eigenvalue weighted by Gasteiger charge is -2.31. The first kappa shape index (κ1) is 26.6. The molecule has 45 heavy (non-hydrogen) atoms.